The van der Waals surface area contributed by atoms with Crippen molar-refractivity contribution in [3.05, 3.63) is 71.8 Å². The molecule has 0 bridgehead atoms. The zero-order chi connectivity index (χ0) is 18.9. The molecule has 0 saturated carbocycles. The Morgan fingerprint density at radius 1 is 1.08 bits per heavy atom. The fraction of sp³-hybridized carbons (Fsp3) is 0.238. The highest BCUT2D eigenvalue weighted by atomic mass is 16.5. The van der Waals surface area contributed by atoms with Gasteiger partial charge in [0.25, 0.3) is 5.91 Å². The summed E-state index contributed by atoms with van der Waals surface area (Å²) in [6.45, 7) is 2.03. The molecule has 5 heteroatoms. The fourth-order valence-electron chi connectivity index (χ4n) is 2.39. The number of likely N-dealkylation sites (N-methyl/N-ethyl adjacent to an activating group) is 1. The molecule has 0 fully saturated rings. The summed E-state index contributed by atoms with van der Waals surface area (Å²) < 4.78 is 10.3. The summed E-state index contributed by atoms with van der Waals surface area (Å²) in [5, 5.41) is 0. The van der Waals surface area contributed by atoms with E-state index in [2.05, 4.69) is 0 Å². The molecule has 0 aliphatic rings. The van der Waals surface area contributed by atoms with Gasteiger partial charge in [0, 0.05) is 19.7 Å². The zero-order valence-corrected chi connectivity index (χ0v) is 15.2. The monoisotopic (exact) mass is 353 g/mol. The number of ether oxygens (including phenoxy) is 2. The van der Waals surface area contributed by atoms with Gasteiger partial charge < -0.3 is 14.4 Å². The molecule has 2 aromatic rings. The lowest BCUT2D eigenvalue weighted by atomic mass is 10.2. The number of hydrogen-bond acceptors (Lipinski definition) is 4. The lowest BCUT2D eigenvalue weighted by Gasteiger charge is -2.21. The van der Waals surface area contributed by atoms with Gasteiger partial charge >= 0.3 is 5.97 Å². The van der Waals surface area contributed by atoms with Gasteiger partial charge in [-0.3, -0.25) is 4.79 Å². The Kier molecular flexibility index (Phi) is 6.97. The second kappa shape index (κ2) is 9.42. The Hall–Kier alpha value is -3.08. The number of carbonyl (C=O) groups is 2. The van der Waals surface area contributed by atoms with E-state index < -0.39 is 12.1 Å². The van der Waals surface area contributed by atoms with Gasteiger partial charge in [0.1, 0.15) is 5.75 Å². The predicted octanol–water partition coefficient (Wildman–Crippen LogP) is 3.30. The molecule has 0 saturated heterocycles. The first-order chi connectivity index (χ1) is 12.5. The second-order valence-corrected chi connectivity index (χ2v) is 5.87. The maximum Gasteiger partial charge on any atom is 0.331 e. The summed E-state index contributed by atoms with van der Waals surface area (Å²) in [6, 6.07) is 16.9. The van der Waals surface area contributed by atoms with Crippen LogP contribution in [0.5, 0.6) is 5.75 Å². The Morgan fingerprint density at radius 2 is 1.73 bits per heavy atom. The summed E-state index contributed by atoms with van der Waals surface area (Å²) in [4.78, 5) is 25.8. The first-order valence-electron chi connectivity index (χ1n) is 8.31. The topological polar surface area (TPSA) is 55.8 Å². The van der Waals surface area contributed by atoms with E-state index >= 15 is 0 Å². The molecule has 5 nitrogen and oxygen atoms in total. The largest absolute Gasteiger partial charge is 0.497 e. The van der Waals surface area contributed by atoms with E-state index in [1.807, 2.05) is 42.5 Å². The van der Waals surface area contributed by atoms with Crippen molar-refractivity contribution in [2.75, 3.05) is 14.2 Å². The molecule has 0 radical (unpaired) electrons. The van der Waals surface area contributed by atoms with Crippen LogP contribution in [0.3, 0.4) is 0 Å². The van der Waals surface area contributed by atoms with Gasteiger partial charge in [-0.2, -0.15) is 0 Å². The highest BCUT2D eigenvalue weighted by Crippen LogP contribution is 2.12. The van der Waals surface area contributed by atoms with E-state index in [4.69, 9.17) is 9.47 Å². The minimum atomic E-state index is -0.850. The van der Waals surface area contributed by atoms with E-state index in [0.29, 0.717) is 6.54 Å². The van der Waals surface area contributed by atoms with Gasteiger partial charge in [0.2, 0.25) is 0 Å². The number of methoxy groups -OCH3 is 1. The minimum absolute atomic E-state index is 0.250. The molecule has 0 aliphatic carbocycles. The third-order valence-corrected chi connectivity index (χ3v) is 3.81. The van der Waals surface area contributed by atoms with Crippen molar-refractivity contribution in [1.29, 1.82) is 0 Å². The number of hydrogen-bond donors (Lipinski definition) is 0. The van der Waals surface area contributed by atoms with Crippen LogP contribution in [0, 0.1) is 0 Å². The van der Waals surface area contributed by atoms with E-state index in [1.54, 1.807) is 44.2 Å². The van der Waals surface area contributed by atoms with E-state index in [-0.39, 0.29) is 5.91 Å². The third kappa shape index (κ3) is 5.77. The van der Waals surface area contributed by atoms with Gasteiger partial charge in [-0.15, -0.1) is 0 Å². The Bertz CT molecular complexity index is 753. The molecule has 0 spiro atoms. The van der Waals surface area contributed by atoms with Crippen LogP contribution in [0.25, 0.3) is 6.08 Å². The lowest BCUT2D eigenvalue weighted by molar-refractivity contribution is -0.154. The quantitative estimate of drug-likeness (QED) is 0.566. The normalized spacial score (nSPS) is 11.8. The van der Waals surface area contributed by atoms with E-state index in [1.165, 1.54) is 6.08 Å². The minimum Gasteiger partial charge on any atom is -0.497 e. The number of carbonyl (C=O) groups excluding carboxylic acids is 2. The number of esters is 1. The Balaban J connectivity index is 1.86. The molecule has 2 rings (SSSR count). The van der Waals surface area contributed by atoms with Crippen molar-refractivity contribution < 1.29 is 19.1 Å². The lowest BCUT2D eigenvalue weighted by Crippen LogP contribution is -2.36. The first-order valence-corrected chi connectivity index (χ1v) is 8.31. The Labute approximate surface area is 153 Å². The molecule has 136 valence electrons. The summed E-state index contributed by atoms with van der Waals surface area (Å²) in [6.07, 6.45) is 2.09. The molecular formula is C21H23NO4. The van der Waals surface area contributed by atoms with Crippen LogP contribution in [0.1, 0.15) is 18.1 Å². The highest BCUT2D eigenvalue weighted by molar-refractivity contribution is 5.90. The van der Waals surface area contributed by atoms with Crippen LogP contribution in [-0.2, 0) is 20.9 Å². The van der Waals surface area contributed by atoms with Crippen molar-refractivity contribution in [3.8, 4) is 5.75 Å². The van der Waals surface area contributed by atoms with Crippen LogP contribution in [0.4, 0.5) is 0 Å². The maximum absolute atomic E-state index is 12.3. The number of amides is 1. The molecule has 0 N–H and O–H groups in total. The number of rotatable bonds is 7. The van der Waals surface area contributed by atoms with E-state index in [9.17, 15) is 9.59 Å². The molecule has 1 amide bonds. The summed E-state index contributed by atoms with van der Waals surface area (Å²) >= 11 is 0. The first kappa shape index (κ1) is 19.2. The van der Waals surface area contributed by atoms with Crippen LogP contribution in [0.2, 0.25) is 0 Å². The molecule has 1 atom stereocenters. The standard InChI is InChI=1S/C21H23NO4/c1-16(21(24)22(2)15-18-7-5-4-6-8-18)26-20(23)14-11-17-9-12-19(25-3)13-10-17/h4-14,16H,15H2,1-3H3/b14-11+/t16-/m1/s1. The predicted molar refractivity (Wildman–Crippen MR) is 100 cm³/mol. The fourth-order valence-corrected chi connectivity index (χ4v) is 2.39. The van der Waals surface area contributed by atoms with Crippen molar-refractivity contribution in [3.63, 3.8) is 0 Å². The summed E-state index contributed by atoms with van der Waals surface area (Å²) in [5.41, 5.74) is 1.85. The van der Waals surface area contributed by atoms with Gasteiger partial charge in [-0.1, -0.05) is 42.5 Å². The molecule has 2 aromatic carbocycles. The van der Waals surface area contributed by atoms with Crippen molar-refractivity contribution in [2.45, 2.75) is 19.6 Å². The van der Waals surface area contributed by atoms with Gasteiger partial charge in [0.15, 0.2) is 6.10 Å². The molecule has 26 heavy (non-hydrogen) atoms. The zero-order valence-electron chi connectivity index (χ0n) is 15.2. The highest BCUT2D eigenvalue weighted by Gasteiger charge is 2.20. The third-order valence-electron chi connectivity index (χ3n) is 3.81. The Morgan fingerprint density at radius 3 is 2.35 bits per heavy atom. The van der Waals surface area contributed by atoms with Crippen molar-refractivity contribution >= 4 is 18.0 Å². The van der Waals surface area contributed by atoms with Gasteiger partial charge in [-0.05, 0) is 36.3 Å². The van der Waals surface area contributed by atoms with Crippen molar-refractivity contribution in [2.24, 2.45) is 0 Å². The molecule has 0 unspecified atom stereocenters. The molecule has 0 aromatic heterocycles. The van der Waals surface area contributed by atoms with Gasteiger partial charge in [0.05, 0.1) is 7.11 Å². The van der Waals surface area contributed by atoms with Crippen LogP contribution in [0.15, 0.2) is 60.7 Å². The van der Waals surface area contributed by atoms with Crippen LogP contribution in [-0.4, -0.2) is 37.0 Å². The van der Waals surface area contributed by atoms with Crippen LogP contribution < -0.4 is 4.74 Å². The number of nitrogens with zero attached hydrogens (tertiary/aromatic N) is 1. The maximum atomic E-state index is 12.3. The second-order valence-electron chi connectivity index (χ2n) is 5.87. The average Bonchev–Trinajstić information content (AvgIpc) is 2.66. The SMILES string of the molecule is COc1ccc(/C=C/C(=O)O[C@H](C)C(=O)N(C)Cc2ccccc2)cc1. The van der Waals surface area contributed by atoms with Crippen LogP contribution >= 0.6 is 0 Å². The number of benzene rings is 2. The van der Waals surface area contributed by atoms with E-state index in [0.717, 1.165) is 16.9 Å². The average molecular weight is 353 g/mol. The summed E-state index contributed by atoms with van der Waals surface area (Å²) in [7, 11) is 3.28. The smallest absolute Gasteiger partial charge is 0.331 e. The summed E-state index contributed by atoms with van der Waals surface area (Å²) in [5.74, 6) is -0.0692. The van der Waals surface area contributed by atoms with Crippen molar-refractivity contribution in [1.82, 2.24) is 4.90 Å². The molecular weight excluding hydrogens is 330 g/mol. The van der Waals surface area contributed by atoms with Gasteiger partial charge in [-0.25, -0.2) is 4.79 Å². The molecule has 0 aliphatic heterocycles. The molecule has 0 heterocycles.